The Kier molecular flexibility index (Phi) is 8.44. The molecule has 2 heteroatoms. The molecule has 2 nitrogen and oxygen atoms in total. The van der Waals surface area contributed by atoms with Crippen LogP contribution in [0.15, 0.2) is 0 Å². The lowest BCUT2D eigenvalue weighted by atomic mass is 10.2. The Balaban J connectivity index is 3.23. The zero-order chi connectivity index (χ0) is 9.94. The van der Waals surface area contributed by atoms with Crippen LogP contribution in [0.5, 0.6) is 0 Å². The number of carbonyl (C=O) groups excluding carboxylic acids is 1. The molecule has 0 aliphatic carbocycles. The van der Waals surface area contributed by atoms with Crippen molar-refractivity contribution in [3.63, 3.8) is 0 Å². The third-order valence-electron chi connectivity index (χ3n) is 1.76. The average molecular weight is 181 g/mol. The first kappa shape index (κ1) is 12.0. The lowest BCUT2D eigenvalue weighted by Gasteiger charge is -2.01. The largest absolute Gasteiger partial charge is 0.355 e. The van der Waals surface area contributed by atoms with E-state index in [2.05, 4.69) is 24.1 Å². The molecule has 0 aromatic heterocycles. The molecule has 1 amide bonds. The van der Waals surface area contributed by atoms with Gasteiger partial charge in [-0.3, -0.25) is 4.79 Å². The fourth-order valence-corrected chi connectivity index (χ4v) is 1.01. The molecule has 0 bridgehead atoms. The van der Waals surface area contributed by atoms with Crippen molar-refractivity contribution in [1.82, 2.24) is 5.32 Å². The van der Waals surface area contributed by atoms with Crippen LogP contribution >= 0.6 is 0 Å². The molecule has 0 atom stereocenters. The summed E-state index contributed by atoms with van der Waals surface area (Å²) in [5.41, 5.74) is 0. The van der Waals surface area contributed by atoms with E-state index in [-0.39, 0.29) is 5.91 Å². The maximum Gasteiger partial charge on any atom is 0.220 e. The minimum Gasteiger partial charge on any atom is -0.355 e. The van der Waals surface area contributed by atoms with Crippen molar-refractivity contribution in [3.05, 3.63) is 0 Å². The van der Waals surface area contributed by atoms with Crippen LogP contribution in [0, 0.1) is 11.8 Å². The highest BCUT2D eigenvalue weighted by atomic mass is 16.1. The Morgan fingerprint density at radius 2 is 2.15 bits per heavy atom. The number of rotatable bonds is 6. The fourth-order valence-electron chi connectivity index (χ4n) is 1.01. The molecule has 0 aromatic rings. The van der Waals surface area contributed by atoms with Gasteiger partial charge in [0.2, 0.25) is 5.91 Å². The van der Waals surface area contributed by atoms with Gasteiger partial charge in [0.1, 0.15) is 0 Å². The third-order valence-corrected chi connectivity index (χ3v) is 1.76. The van der Waals surface area contributed by atoms with Gasteiger partial charge in [0, 0.05) is 19.4 Å². The summed E-state index contributed by atoms with van der Waals surface area (Å²) in [6.45, 7) is 4.63. The topological polar surface area (TPSA) is 29.1 Å². The Labute approximate surface area is 81.1 Å². The van der Waals surface area contributed by atoms with E-state index in [1.807, 2.05) is 6.92 Å². The number of unbranched alkanes of at least 4 members (excludes halogenated alkanes) is 2. The molecule has 0 saturated heterocycles. The quantitative estimate of drug-likeness (QED) is 0.493. The van der Waals surface area contributed by atoms with Gasteiger partial charge in [-0.2, -0.15) is 0 Å². The minimum absolute atomic E-state index is 0.159. The van der Waals surface area contributed by atoms with Crippen LogP contribution in [0.1, 0.15) is 46.0 Å². The Morgan fingerprint density at radius 3 is 2.77 bits per heavy atom. The van der Waals surface area contributed by atoms with Gasteiger partial charge < -0.3 is 5.32 Å². The maximum atomic E-state index is 11.1. The number of hydrogen-bond acceptors (Lipinski definition) is 1. The summed E-state index contributed by atoms with van der Waals surface area (Å²) in [4.78, 5) is 11.1. The van der Waals surface area contributed by atoms with E-state index >= 15 is 0 Å². The first-order valence-corrected chi connectivity index (χ1v) is 4.97. The Morgan fingerprint density at radius 1 is 1.38 bits per heavy atom. The van der Waals surface area contributed by atoms with Crippen molar-refractivity contribution in [2.75, 3.05) is 6.54 Å². The van der Waals surface area contributed by atoms with Gasteiger partial charge >= 0.3 is 0 Å². The van der Waals surface area contributed by atoms with Gasteiger partial charge in [-0.05, 0) is 13.3 Å². The monoisotopic (exact) mass is 181 g/mol. The second kappa shape index (κ2) is 9.12. The summed E-state index contributed by atoms with van der Waals surface area (Å²) in [5.74, 6) is 5.86. The van der Waals surface area contributed by atoms with Crippen LogP contribution in [0.25, 0.3) is 0 Å². The van der Waals surface area contributed by atoms with Gasteiger partial charge in [0.25, 0.3) is 0 Å². The molecule has 0 aromatic carbocycles. The predicted octanol–water partition coefficient (Wildman–Crippen LogP) is 2.10. The first-order valence-electron chi connectivity index (χ1n) is 4.97. The summed E-state index contributed by atoms with van der Waals surface area (Å²) in [7, 11) is 0. The van der Waals surface area contributed by atoms with Gasteiger partial charge in [0.05, 0.1) is 0 Å². The number of nitrogens with one attached hydrogen (secondary N) is 1. The van der Waals surface area contributed by atoms with E-state index in [1.165, 1.54) is 0 Å². The van der Waals surface area contributed by atoms with E-state index in [0.29, 0.717) is 13.0 Å². The van der Waals surface area contributed by atoms with Crippen molar-refractivity contribution < 1.29 is 4.79 Å². The smallest absolute Gasteiger partial charge is 0.220 e. The molecule has 74 valence electrons. The van der Waals surface area contributed by atoms with Crippen molar-refractivity contribution >= 4 is 5.91 Å². The van der Waals surface area contributed by atoms with Crippen molar-refractivity contribution in [3.8, 4) is 11.8 Å². The molecule has 0 spiro atoms. The summed E-state index contributed by atoms with van der Waals surface area (Å²) in [6, 6.07) is 0. The minimum atomic E-state index is 0.159. The second-order valence-electron chi connectivity index (χ2n) is 2.98. The first-order chi connectivity index (χ1) is 6.31. The fraction of sp³-hybridized carbons (Fsp3) is 0.727. The zero-order valence-corrected chi connectivity index (χ0v) is 8.65. The molecule has 0 radical (unpaired) electrons. The van der Waals surface area contributed by atoms with Crippen LogP contribution in [-0.2, 0) is 4.79 Å². The number of carbonyl (C=O) groups is 1. The van der Waals surface area contributed by atoms with Gasteiger partial charge in [0.15, 0.2) is 0 Å². The molecular weight excluding hydrogens is 162 g/mol. The van der Waals surface area contributed by atoms with E-state index in [1.54, 1.807) is 0 Å². The Hall–Kier alpha value is -0.970. The van der Waals surface area contributed by atoms with Crippen molar-refractivity contribution in [2.45, 2.75) is 46.0 Å². The third kappa shape index (κ3) is 8.94. The summed E-state index contributed by atoms with van der Waals surface area (Å²) >= 11 is 0. The average Bonchev–Trinajstić information content (AvgIpc) is 2.13. The zero-order valence-electron chi connectivity index (χ0n) is 8.65. The van der Waals surface area contributed by atoms with Crippen molar-refractivity contribution in [2.24, 2.45) is 0 Å². The van der Waals surface area contributed by atoms with Gasteiger partial charge in [-0.1, -0.05) is 19.8 Å². The maximum absolute atomic E-state index is 11.1. The lowest BCUT2D eigenvalue weighted by Crippen LogP contribution is -2.23. The molecule has 0 fully saturated rings. The highest BCUT2D eigenvalue weighted by Gasteiger charge is 1.97. The van der Waals surface area contributed by atoms with Crippen LogP contribution < -0.4 is 5.32 Å². The molecule has 0 aliphatic heterocycles. The lowest BCUT2D eigenvalue weighted by molar-refractivity contribution is -0.121. The molecule has 1 N–H and O–H groups in total. The van der Waals surface area contributed by atoms with E-state index in [9.17, 15) is 4.79 Å². The second-order valence-corrected chi connectivity index (χ2v) is 2.98. The highest BCUT2D eigenvalue weighted by molar-refractivity contribution is 5.75. The predicted molar refractivity (Wildman–Crippen MR) is 55.2 cm³/mol. The van der Waals surface area contributed by atoms with Crippen LogP contribution in [0.4, 0.5) is 0 Å². The summed E-state index contributed by atoms with van der Waals surface area (Å²) in [6.07, 6.45) is 4.72. The van der Waals surface area contributed by atoms with Gasteiger partial charge in [-0.25, -0.2) is 0 Å². The molecule has 0 heterocycles. The van der Waals surface area contributed by atoms with Crippen LogP contribution in [0.3, 0.4) is 0 Å². The summed E-state index contributed by atoms with van der Waals surface area (Å²) < 4.78 is 0. The molecule has 0 saturated carbocycles. The SMILES string of the molecule is CC#CCCNC(=O)CCCCC. The van der Waals surface area contributed by atoms with E-state index in [4.69, 9.17) is 0 Å². The summed E-state index contributed by atoms with van der Waals surface area (Å²) in [5, 5.41) is 2.83. The van der Waals surface area contributed by atoms with Crippen molar-refractivity contribution in [1.29, 1.82) is 0 Å². The van der Waals surface area contributed by atoms with E-state index < -0.39 is 0 Å². The molecule has 0 unspecified atom stereocenters. The normalized spacial score (nSPS) is 8.77. The molecule has 0 aliphatic rings. The van der Waals surface area contributed by atoms with Crippen LogP contribution in [-0.4, -0.2) is 12.5 Å². The number of hydrogen-bond donors (Lipinski definition) is 1. The molecular formula is C11H19NO. The highest BCUT2D eigenvalue weighted by Crippen LogP contribution is 1.97. The number of amides is 1. The molecule has 13 heavy (non-hydrogen) atoms. The Bertz CT molecular complexity index is 188. The standard InChI is InChI=1S/C11H19NO/c1-3-5-7-9-11(13)12-10-8-6-4-2/h3,5,7-10H2,1-2H3,(H,12,13). The van der Waals surface area contributed by atoms with Crippen LogP contribution in [0.2, 0.25) is 0 Å². The molecule has 0 rings (SSSR count). The van der Waals surface area contributed by atoms with E-state index in [0.717, 1.165) is 25.7 Å². The van der Waals surface area contributed by atoms with Gasteiger partial charge in [-0.15, -0.1) is 11.8 Å².